The molecule has 108 valence electrons. The molecule has 0 aromatic rings. The molecule has 0 saturated heterocycles. The van der Waals surface area contributed by atoms with Crippen molar-refractivity contribution in [1.82, 2.24) is 0 Å². The third-order valence-electron chi connectivity index (χ3n) is 5.78. The van der Waals surface area contributed by atoms with E-state index in [2.05, 4.69) is 13.0 Å². The molecule has 2 nitrogen and oxygen atoms in total. The highest BCUT2D eigenvalue weighted by Gasteiger charge is 2.54. The van der Waals surface area contributed by atoms with E-state index in [4.69, 9.17) is 0 Å². The van der Waals surface area contributed by atoms with Gasteiger partial charge in [-0.15, -0.1) is 0 Å². The number of rotatable bonds is 2. The SMILES string of the molecule is CCC1CCCCC1(O)C1(C#N)CCCCCCC1. The Morgan fingerprint density at radius 2 is 1.58 bits per heavy atom. The van der Waals surface area contributed by atoms with E-state index in [1.165, 1.54) is 25.7 Å². The molecule has 2 fully saturated rings. The summed E-state index contributed by atoms with van der Waals surface area (Å²) in [7, 11) is 0. The molecule has 0 bridgehead atoms. The first kappa shape index (κ1) is 14.9. The second kappa shape index (κ2) is 6.27. The van der Waals surface area contributed by atoms with Crippen LogP contribution in [0.25, 0.3) is 0 Å². The first-order chi connectivity index (χ1) is 9.18. The van der Waals surface area contributed by atoms with Crippen LogP contribution in [0.5, 0.6) is 0 Å². The van der Waals surface area contributed by atoms with E-state index >= 15 is 0 Å². The number of aliphatic hydroxyl groups is 1. The van der Waals surface area contributed by atoms with Crippen LogP contribution in [0.1, 0.15) is 84.0 Å². The molecule has 2 saturated carbocycles. The minimum atomic E-state index is -0.716. The molecule has 0 aliphatic heterocycles. The van der Waals surface area contributed by atoms with Gasteiger partial charge in [-0.3, -0.25) is 0 Å². The van der Waals surface area contributed by atoms with Gasteiger partial charge >= 0.3 is 0 Å². The van der Waals surface area contributed by atoms with Crippen LogP contribution in [-0.2, 0) is 0 Å². The molecule has 0 aromatic heterocycles. The number of hydrogen-bond acceptors (Lipinski definition) is 2. The summed E-state index contributed by atoms with van der Waals surface area (Å²) in [4.78, 5) is 0. The van der Waals surface area contributed by atoms with Gasteiger partial charge in [-0.05, 0) is 31.6 Å². The summed E-state index contributed by atoms with van der Waals surface area (Å²) in [5.41, 5.74) is -1.18. The van der Waals surface area contributed by atoms with Crippen molar-refractivity contribution in [3.05, 3.63) is 0 Å². The zero-order valence-electron chi connectivity index (χ0n) is 12.5. The van der Waals surface area contributed by atoms with Crippen molar-refractivity contribution in [3.63, 3.8) is 0 Å². The molecule has 2 aliphatic rings. The topological polar surface area (TPSA) is 44.0 Å². The molecule has 0 heterocycles. The highest BCUT2D eigenvalue weighted by Crippen LogP contribution is 2.52. The molecule has 2 aliphatic carbocycles. The van der Waals surface area contributed by atoms with E-state index in [0.717, 1.165) is 51.4 Å². The third kappa shape index (κ3) is 2.68. The van der Waals surface area contributed by atoms with E-state index in [1.54, 1.807) is 0 Å². The largest absolute Gasteiger partial charge is 0.388 e. The molecule has 0 aromatic carbocycles. The summed E-state index contributed by atoms with van der Waals surface area (Å²) in [6.45, 7) is 2.18. The van der Waals surface area contributed by atoms with Crippen LogP contribution in [0.2, 0.25) is 0 Å². The maximum Gasteiger partial charge on any atom is 0.0863 e. The molecule has 0 amide bonds. The number of hydrogen-bond donors (Lipinski definition) is 1. The maximum absolute atomic E-state index is 11.4. The Hall–Kier alpha value is -0.550. The standard InChI is InChI=1S/C17H29NO/c1-2-15-10-6-9-13-17(15,19)16(14-18)11-7-4-3-5-8-12-16/h15,19H,2-13H2,1H3. The van der Waals surface area contributed by atoms with Crippen LogP contribution >= 0.6 is 0 Å². The zero-order valence-corrected chi connectivity index (χ0v) is 12.5. The Labute approximate surface area is 118 Å². The second-order valence-electron chi connectivity index (χ2n) is 6.74. The van der Waals surface area contributed by atoms with Gasteiger partial charge < -0.3 is 5.11 Å². The van der Waals surface area contributed by atoms with Gasteiger partial charge in [-0.1, -0.05) is 58.3 Å². The molecule has 0 radical (unpaired) electrons. The van der Waals surface area contributed by atoms with Crippen LogP contribution in [0.15, 0.2) is 0 Å². The molecule has 19 heavy (non-hydrogen) atoms. The summed E-state index contributed by atoms with van der Waals surface area (Å²) >= 11 is 0. The summed E-state index contributed by atoms with van der Waals surface area (Å²) in [6.07, 6.45) is 13.1. The zero-order chi connectivity index (χ0) is 13.8. The Balaban J connectivity index is 2.28. The number of nitriles is 1. The monoisotopic (exact) mass is 263 g/mol. The predicted octanol–water partition coefficient (Wildman–Crippen LogP) is 4.57. The predicted molar refractivity (Wildman–Crippen MR) is 77.6 cm³/mol. The van der Waals surface area contributed by atoms with Gasteiger partial charge in [-0.25, -0.2) is 0 Å². The van der Waals surface area contributed by atoms with Crippen molar-refractivity contribution in [2.24, 2.45) is 11.3 Å². The van der Waals surface area contributed by atoms with Gasteiger partial charge in [-0.2, -0.15) is 5.26 Å². The van der Waals surface area contributed by atoms with Gasteiger partial charge in [0.25, 0.3) is 0 Å². The van der Waals surface area contributed by atoms with Crippen molar-refractivity contribution in [2.75, 3.05) is 0 Å². The normalized spacial score (nSPS) is 35.9. The van der Waals surface area contributed by atoms with Gasteiger partial charge in [0.15, 0.2) is 0 Å². The lowest BCUT2D eigenvalue weighted by atomic mass is 9.56. The summed E-state index contributed by atoms with van der Waals surface area (Å²) < 4.78 is 0. The molecular weight excluding hydrogens is 234 g/mol. The Bertz CT molecular complexity index is 325. The average molecular weight is 263 g/mol. The highest BCUT2D eigenvalue weighted by atomic mass is 16.3. The fraction of sp³-hybridized carbons (Fsp3) is 0.941. The van der Waals surface area contributed by atoms with Gasteiger partial charge in [0.2, 0.25) is 0 Å². The molecule has 2 unspecified atom stereocenters. The number of nitrogens with zero attached hydrogens (tertiary/aromatic N) is 1. The first-order valence-electron chi connectivity index (χ1n) is 8.32. The molecule has 1 N–H and O–H groups in total. The smallest absolute Gasteiger partial charge is 0.0863 e. The van der Waals surface area contributed by atoms with Crippen LogP contribution in [-0.4, -0.2) is 10.7 Å². The van der Waals surface area contributed by atoms with Crippen molar-refractivity contribution >= 4 is 0 Å². The van der Waals surface area contributed by atoms with E-state index in [9.17, 15) is 10.4 Å². The van der Waals surface area contributed by atoms with Gasteiger partial charge in [0.05, 0.1) is 17.1 Å². The summed E-state index contributed by atoms with van der Waals surface area (Å²) in [5, 5.41) is 21.3. The Morgan fingerprint density at radius 1 is 1.00 bits per heavy atom. The Morgan fingerprint density at radius 3 is 2.16 bits per heavy atom. The molecule has 2 atom stereocenters. The molecule has 0 spiro atoms. The van der Waals surface area contributed by atoms with Crippen molar-refractivity contribution in [3.8, 4) is 6.07 Å². The van der Waals surface area contributed by atoms with Crippen molar-refractivity contribution < 1.29 is 5.11 Å². The lowest BCUT2D eigenvalue weighted by molar-refractivity contribution is -0.134. The Kier molecular flexibility index (Phi) is 4.90. The van der Waals surface area contributed by atoms with Crippen molar-refractivity contribution in [1.29, 1.82) is 5.26 Å². The van der Waals surface area contributed by atoms with E-state index in [1.807, 2.05) is 0 Å². The van der Waals surface area contributed by atoms with Gasteiger partial charge in [0, 0.05) is 0 Å². The van der Waals surface area contributed by atoms with Crippen LogP contribution in [0.4, 0.5) is 0 Å². The van der Waals surface area contributed by atoms with E-state index < -0.39 is 11.0 Å². The van der Waals surface area contributed by atoms with Crippen molar-refractivity contribution in [2.45, 2.75) is 89.6 Å². The highest BCUT2D eigenvalue weighted by molar-refractivity contribution is 5.14. The van der Waals surface area contributed by atoms with Crippen LogP contribution in [0.3, 0.4) is 0 Å². The van der Waals surface area contributed by atoms with Gasteiger partial charge in [0.1, 0.15) is 0 Å². The average Bonchev–Trinajstić information content (AvgIpc) is 2.39. The molecule has 2 heteroatoms. The third-order valence-corrected chi connectivity index (χ3v) is 5.78. The van der Waals surface area contributed by atoms with Crippen LogP contribution < -0.4 is 0 Å². The lowest BCUT2D eigenvalue weighted by Gasteiger charge is -2.50. The summed E-state index contributed by atoms with van der Waals surface area (Å²) in [5.74, 6) is 0.334. The molecule has 2 rings (SSSR count). The van der Waals surface area contributed by atoms with Crippen LogP contribution in [0, 0.1) is 22.7 Å². The summed E-state index contributed by atoms with van der Waals surface area (Å²) in [6, 6.07) is 2.61. The quantitative estimate of drug-likeness (QED) is 0.793. The molecular formula is C17H29NO. The van der Waals surface area contributed by atoms with E-state index in [0.29, 0.717) is 5.92 Å². The fourth-order valence-electron chi connectivity index (χ4n) is 4.55. The fourth-order valence-corrected chi connectivity index (χ4v) is 4.55. The minimum Gasteiger partial charge on any atom is -0.388 e. The lowest BCUT2D eigenvalue weighted by Crippen LogP contribution is -2.54. The first-order valence-corrected chi connectivity index (χ1v) is 8.32. The van der Waals surface area contributed by atoms with E-state index in [-0.39, 0.29) is 0 Å². The maximum atomic E-state index is 11.4. The second-order valence-corrected chi connectivity index (χ2v) is 6.74. The minimum absolute atomic E-state index is 0.334.